The van der Waals surface area contributed by atoms with Gasteiger partial charge in [-0.2, -0.15) is 0 Å². The molecule has 5 nitrogen and oxygen atoms in total. The van der Waals surface area contributed by atoms with Crippen molar-refractivity contribution in [1.29, 1.82) is 0 Å². The highest BCUT2D eigenvalue weighted by Gasteiger charge is 2.41. The Labute approximate surface area is 113 Å². The highest BCUT2D eigenvalue weighted by molar-refractivity contribution is 7.92. The van der Waals surface area contributed by atoms with Crippen molar-refractivity contribution >= 4 is 18.1 Å². The molecule has 108 valence electrons. The van der Waals surface area contributed by atoms with Crippen LogP contribution >= 0.6 is 8.25 Å². The number of sulfone groups is 1. The van der Waals surface area contributed by atoms with E-state index in [4.69, 9.17) is 14.4 Å². The van der Waals surface area contributed by atoms with E-state index in [9.17, 15) is 12.8 Å². The van der Waals surface area contributed by atoms with Crippen LogP contribution in [0.3, 0.4) is 0 Å². The fraction of sp³-hybridized carbons (Fsp3) is 0.455. The molecule has 0 amide bonds. The second-order valence-corrected chi connectivity index (χ2v) is 6.37. The SMILES string of the molecule is CCC(F)(CC)S(=O)(=O)c1ccccc1.O=[P+](O)O. The molecule has 0 bridgehead atoms. The van der Waals surface area contributed by atoms with Crippen LogP contribution in [0, 0.1) is 0 Å². The van der Waals surface area contributed by atoms with Crippen LogP contribution in [0.4, 0.5) is 4.39 Å². The normalized spacial score (nSPS) is 11.4. The van der Waals surface area contributed by atoms with E-state index in [2.05, 4.69) is 0 Å². The summed E-state index contributed by atoms with van der Waals surface area (Å²) < 4.78 is 46.7. The molecule has 0 aliphatic carbocycles. The van der Waals surface area contributed by atoms with E-state index in [0.717, 1.165) is 0 Å². The van der Waals surface area contributed by atoms with Gasteiger partial charge in [-0.3, -0.25) is 0 Å². The van der Waals surface area contributed by atoms with E-state index >= 15 is 0 Å². The van der Waals surface area contributed by atoms with Gasteiger partial charge in [0, 0.05) is 4.57 Å². The summed E-state index contributed by atoms with van der Waals surface area (Å²) in [5.74, 6) is 0. The van der Waals surface area contributed by atoms with Crippen molar-refractivity contribution in [2.24, 2.45) is 0 Å². The average Bonchev–Trinajstić information content (AvgIpc) is 2.38. The van der Waals surface area contributed by atoms with Crippen LogP contribution in [0.2, 0.25) is 0 Å². The average molecular weight is 311 g/mol. The molecule has 0 heterocycles. The van der Waals surface area contributed by atoms with Crippen LogP contribution in [0.5, 0.6) is 0 Å². The predicted molar refractivity (Wildman–Crippen MR) is 70.1 cm³/mol. The van der Waals surface area contributed by atoms with Crippen molar-refractivity contribution in [2.75, 3.05) is 0 Å². The summed E-state index contributed by atoms with van der Waals surface area (Å²) in [5.41, 5.74) is 0. The van der Waals surface area contributed by atoms with Gasteiger partial charge in [0.1, 0.15) is 0 Å². The van der Waals surface area contributed by atoms with Crippen molar-refractivity contribution in [3.63, 3.8) is 0 Å². The molecule has 1 rings (SSSR count). The molecule has 0 unspecified atom stereocenters. The third-order valence-corrected chi connectivity index (χ3v) is 5.02. The Hall–Kier alpha value is -0.880. The Balaban J connectivity index is 0.000000711. The van der Waals surface area contributed by atoms with Gasteiger partial charge in [0.2, 0.25) is 14.8 Å². The summed E-state index contributed by atoms with van der Waals surface area (Å²) in [7, 11) is -6.74. The quantitative estimate of drug-likeness (QED) is 0.834. The molecule has 0 aliphatic rings. The minimum absolute atomic E-state index is 0.0271. The molecule has 19 heavy (non-hydrogen) atoms. The zero-order valence-corrected chi connectivity index (χ0v) is 12.4. The first-order valence-corrected chi connectivity index (χ1v) is 8.19. The Morgan fingerprint density at radius 1 is 1.16 bits per heavy atom. The standard InChI is InChI=1S/C11H15FO2S.HO3P/c1-3-11(12,4-2)15(13,14)10-8-6-5-7-9-10;1-4(2)3/h5-9H,3-4H2,1-2H3;(H-,1,2,3)/p+1. The van der Waals surface area contributed by atoms with Crippen molar-refractivity contribution < 1.29 is 27.2 Å². The topological polar surface area (TPSA) is 91.7 Å². The molecular formula is C11H17FO5PS+. The fourth-order valence-corrected chi connectivity index (χ4v) is 3.14. The number of hydrogen-bond acceptors (Lipinski definition) is 3. The summed E-state index contributed by atoms with van der Waals surface area (Å²) in [6.45, 7) is 3.09. The molecule has 0 aliphatic heterocycles. The Morgan fingerprint density at radius 2 is 1.53 bits per heavy atom. The van der Waals surface area contributed by atoms with E-state index in [1.807, 2.05) is 0 Å². The molecule has 0 aromatic heterocycles. The van der Waals surface area contributed by atoms with Crippen molar-refractivity contribution in [3.8, 4) is 0 Å². The van der Waals surface area contributed by atoms with E-state index in [0.29, 0.717) is 0 Å². The summed E-state index contributed by atoms with van der Waals surface area (Å²) in [5, 5.41) is -2.14. The maximum atomic E-state index is 14.1. The van der Waals surface area contributed by atoms with Crippen LogP contribution in [0.1, 0.15) is 26.7 Å². The van der Waals surface area contributed by atoms with Gasteiger partial charge in [0.05, 0.1) is 4.90 Å². The smallest absolute Gasteiger partial charge is 0.226 e. The summed E-state index contributed by atoms with van der Waals surface area (Å²) in [4.78, 5) is 14.3. The van der Waals surface area contributed by atoms with Crippen molar-refractivity contribution in [3.05, 3.63) is 30.3 Å². The fourth-order valence-electron chi connectivity index (χ4n) is 1.44. The van der Waals surface area contributed by atoms with Crippen LogP contribution in [-0.4, -0.2) is 23.2 Å². The molecular weight excluding hydrogens is 294 g/mol. The van der Waals surface area contributed by atoms with E-state index < -0.39 is 23.1 Å². The molecule has 0 fully saturated rings. The number of hydrogen-bond donors (Lipinski definition) is 2. The lowest BCUT2D eigenvalue weighted by atomic mass is 10.2. The number of halogens is 1. The maximum Gasteiger partial charge on any atom is 0.692 e. The van der Waals surface area contributed by atoms with Gasteiger partial charge in [-0.15, -0.1) is 9.79 Å². The highest BCUT2D eigenvalue weighted by atomic mass is 32.2. The minimum atomic E-state index is -3.87. The van der Waals surface area contributed by atoms with E-state index in [-0.39, 0.29) is 17.7 Å². The molecule has 2 N–H and O–H groups in total. The largest absolute Gasteiger partial charge is 0.692 e. The van der Waals surface area contributed by atoms with Gasteiger partial charge >= 0.3 is 8.25 Å². The summed E-state index contributed by atoms with van der Waals surface area (Å²) in [6.07, 6.45) is -0.0541. The molecule has 0 saturated heterocycles. The zero-order chi connectivity index (χ0) is 15.1. The summed E-state index contributed by atoms with van der Waals surface area (Å²) in [6, 6.07) is 7.75. The van der Waals surface area contributed by atoms with Gasteiger partial charge in [0.15, 0.2) is 0 Å². The van der Waals surface area contributed by atoms with E-state index in [1.54, 1.807) is 32.0 Å². The Bertz CT molecular complexity index is 495. The number of benzene rings is 1. The molecule has 0 radical (unpaired) electrons. The van der Waals surface area contributed by atoms with E-state index in [1.165, 1.54) is 12.1 Å². The first kappa shape index (κ1) is 18.1. The Kier molecular flexibility index (Phi) is 7.29. The maximum absolute atomic E-state index is 14.1. The lowest BCUT2D eigenvalue weighted by Gasteiger charge is -2.22. The first-order chi connectivity index (χ1) is 8.71. The predicted octanol–water partition coefficient (Wildman–Crippen LogP) is 2.57. The molecule has 8 heteroatoms. The molecule has 1 aromatic carbocycles. The molecule has 0 spiro atoms. The van der Waals surface area contributed by atoms with Crippen molar-refractivity contribution in [1.82, 2.24) is 0 Å². The van der Waals surface area contributed by atoms with Gasteiger partial charge in [-0.25, -0.2) is 12.8 Å². The van der Waals surface area contributed by atoms with Crippen LogP contribution in [0.25, 0.3) is 0 Å². The van der Waals surface area contributed by atoms with Crippen LogP contribution < -0.4 is 0 Å². The molecule has 0 atom stereocenters. The Morgan fingerprint density at radius 3 is 1.84 bits per heavy atom. The summed E-state index contributed by atoms with van der Waals surface area (Å²) >= 11 is 0. The second-order valence-electron chi connectivity index (χ2n) is 3.66. The highest BCUT2D eigenvalue weighted by Crippen LogP contribution is 2.33. The zero-order valence-electron chi connectivity index (χ0n) is 10.7. The second kappa shape index (κ2) is 7.65. The third kappa shape index (κ3) is 4.95. The minimum Gasteiger partial charge on any atom is -0.226 e. The van der Waals surface area contributed by atoms with Gasteiger partial charge < -0.3 is 0 Å². The van der Waals surface area contributed by atoms with Gasteiger partial charge in [0.25, 0.3) is 0 Å². The number of rotatable bonds is 4. The lowest BCUT2D eigenvalue weighted by Crippen LogP contribution is -2.32. The molecule has 0 saturated carbocycles. The third-order valence-electron chi connectivity index (χ3n) is 2.59. The number of alkyl halides is 1. The monoisotopic (exact) mass is 311 g/mol. The van der Waals surface area contributed by atoms with Crippen LogP contribution in [0.15, 0.2) is 35.2 Å². The van der Waals surface area contributed by atoms with Crippen molar-refractivity contribution in [2.45, 2.75) is 36.6 Å². The lowest BCUT2D eigenvalue weighted by molar-refractivity contribution is 0.250. The van der Waals surface area contributed by atoms with Gasteiger partial charge in [-0.05, 0) is 25.0 Å². The molecule has 1 aromatic rings. The van der Waals surface area contributed by atoms with Crippen LogP contribution in [-0.2, 0) is 14.4 Å². The van der Waals surface area contributed by atoms with Gasteiger partial charge in [-0.1, -0.05) is 32.0 Å². The first-order valence-electron chi connectivity index (χ1n) is 5.55.